The minimum Gasteiger partial charge on any atom is -0.494 e. The number of imidazole rings is 1. The molecule has 136 valence electrons. The number of hydrogen-bond acceptors (Lipinski definition) is 4. The van der Waals surface area contributed by atoms with E-state index in [1.165, 1.54) is 19.4 Å². The first-order chi connectivity index (χ1) is 12.3. The molecule has 0 aliphatic rings. The highest BCUT2D eigenvalue weighted by Crippen LogP contribution is 2.29. The maximum Gasteiger partial charge on any atom is 0.175 e. The Morgan fingerprint density at radius 1 is 1.15 bits per heavy atom. The molecule has 0 radical (unpaired) electrons. The largest absolute Gasteiger partial charge is 0.494 e. The van der Waals surface area contributed by atoms with Crippen LogP contribution >= 0.6 is 0 Å². The molecule has 1 atom stereocenters. The van der Waals surface area contributed by atoms with E-state index in [-0.39, 0.29) is 16.7 Å². The Hall–Kier alpha value is -2.67. The number of methoxy groups -OCH3 is 1. The number of rotatable bonds is 5. The van der Waals surface area contributed by atoms with Gasteiger partial charge in [-0.05, 0) is 42.8 Å². The smallest absolute Gasteiger partial charge is 0.175 e. The van der Waals surface area contributed by atoms with Crippen molar-refractivity contribution in [2.75, 3.05) is 13.4 Å². The third-order valence-electron chi connectivity index (χ3n) is 4.29. The first kappa shape index (κ1) is 18.1. The topological polar surface area (TPSA) is 61.2 Å². The van der Waals surface area contributed by atoms with Gasteiger partial charge < -0.3 is 9.30 Å². The second-order valence-corrected chi connectivity index (χ2v) is 8.04. The predicted molar refractivity (Wildman–Crippen MR) is 97.5 cm³/mol. The van der Waals surface area contributed by atoms with Crippen LogP contribution in [0.3, 0.4) is 0 Å². The zero-order valence-electron chi connectivity index (χ0n) is 14.7. The Labute approximate surface area is 152 Å². The summed E-state index contributed by atoms with van der Waals surface area (Å²) in [5.41, 5.74) is 1.67. The van der Waals surface area contributed by atoms with E-state index >= 15 is 0 Å². The third kappa shape index (κ3) is 3.48. The zero-order valence-corrected chi connectivity index (χ0v) is 15.5. The number of halogens is 1. The maximum atomic E-state index is 13.7. The summed E-state index contributed by atoms with van der Waals surface area (Å²) in [4.78, 5) is 4.66. The van der Waals surface area contributed by atoms with Gasteiger partial charge in [0, 0.05) is 24.2 Å². The summed E-state index contributed by atoms with van der Waals surface area (Å²) >= 11 is 0. The van der Waals surface area contributed by atoms with Gasteiger partial charge >= 0.3 is 0 Å². The van der Waals surface area contributed by atoms with E-state index in [9.17, 15) is 12.8 Å². The lowest BCUT2D eigenvalue weighted by atomic mass is 10.1. The fourth-order valence-electron chi connectivity index (χ4n) is 2.80. The second-order valence-electron chi connectivity index (χ2n) is 6.02. The van der Waals surface area contributed by atoms with Crippen LogP contribution in [0.25, 0.3) is 11.4 Å². The number of aromatic nitrogens is 2. The molecule has 5 nitrogen and oxygen atoms in total. The minimum absolute atomic E-state index is 0.0860. The Morgan fingerprint density at radius 3 is 2.46 bits per heavy atom. The lowest BCUT2D eigenvalue weighted by molar-refractivity contribution is 0.386. The Kier molecular flexibility index (Phi) is 4.82. The van der Waals surface area contributed by atoms with Crippen LogP contribution < -0.4 is 4.74 Å². The molecule has 0 saturated heterocycles. The first-order valence-electron chi connectivity index (χ1n) is 7.98. The molecule has 3 rings (SSSR count). The van der Waals surface area contributed by atoms with Gasteiger partial charge in [0.2, 0.25) is 0 Å². The van der Waals surface area contributed by atoms with Gasteiger partial charge in [-0.2, -0.15) is 0 Å². The number of benzene rings is 2. The summed E-state index contributed by atoms with van der Waals surface area (Å²) in [5, 5.41) is 0. The molecule has 0 unspecified atom stereocenters. The fourth-order valence-corrected chi connectivity index (χ4v) is 3.43. The number of sulfone groups is 1. The van der Waals surface area contributed by atoms with Gasteiger partial charge in [0.15, 0.2) is 21.4 Å². The van der Waals surface area contributed by atoms with Gasteiger partial charge in [0.25, 0.3) is 0 Å². The van der Waals surface area contributed by atoms with Crippen molar-refractivity contribution in [2.45, 2.75) is 17.9 Å². The zero-order chi connectivity index (χ0) is 18.9. The van der Waals surface area contributed by atoms with Crippen LogP contribution in [-0.2, 0) is 9.84 Å². The van der Waals surface area contributed by atoms with Crippen LogP contribution in [0.4, 0.5) is 4.39 Å². The summed E-state index contributed by atoms with van der Waals surface area (Å²) in [6.45, 7) is 1.99. The van der Waals surface area contributed by atoms with E-state index in [1.807, 2.05) is 17.7 Å². The van der Waals surface area contributed by atoms with Gasteiger partial charge in [0.1, 0.15) is 5.82 Å². The van der Waals surface area contributed by atoms with E-state index in [0.717, 1.165) is 11.1 Å². The van der Waals surface area contributed by atoms with Gasteiger partial charge in [-0.1, -0.05) is 12.1 Å². The Bertz CT molecular complexity index is 1030. The van der Waals surface area contributed by atoms with E-state index in [2.05, 4.69) is 4.98 Å². The molecular formula is C19H19FN2O3S. The van der Waals surface area contributed by atoms with Crippen molar-refractivity contribution in [2.24, 2.45) is 0 Å². The van der Waals surface area contributed by atoms with Crippen molar-refractivity contribution >= 4 is 9.84 Å². The quantitative estimate of drug-likeness (QED) is 0.683. The molecule has 3 aromatic rings. The standard InChI is InChI=1S/C19H19FN2O3S/c1-13(14-4-7-16(8-5-14)26(3,23)24)22-11-10-21-19(22)15-6-9-17(20)18(12-15)25-2/h4-13H,1-3H3/t13-/m0/s1. The summed E-state index contributed by atoms with van der Waals surface area (Å²) in [6.07, 6.45) is 4.69. The van der Waals surface area contributed by atoms with Crippen molar-refractivity contribution in [3.63, 3.8) is 0 Å². The van der Waals surface area contributed by atoms with Gasteiger partial charge in [0.05, 0.1) is 18.0 Å². The van der Waals surface area contributed by atoms with Crippen LogP contribution in [0, 0.1) is 5.82 Å². The molecule has 7 heteroatoms. The average Bonchev–Trinajstić information content (AvgIpc) is 3.10. The molecule has 2 aromatic carbocycles. The number of ether oxygens (including phenoxy) is 1. The Morgan fingerprint density at radius 2 is 1.85 bits per heavy atom. The predicted octanol–water partition coefficient (Wildman–Crippen LogP) is 3.71. The van der Waals surface area contributed by atoms with Crippen molar-refractivity contribution < 1.29 is 17.5 Å². The SMILES string of the molecule is COc1cc(-c2nccn2[C@@H](C)c2ccc(S(C)(=O)=O)cc2)ccc1F. The highest BCUT2D eigenvalue weighted by atomic mass is 32.2. The molecule has 0 fully saturated rings. The molecule has 0 N–H and O–H groups in total. The molecule has 0 spiro atoms. The molecule has 26 heavy (non-hydrogen) atoms. The van der Waals surface area contributed by atoms with Crippen molar-refractivity contribution in [1.29, 1.82) is 0 Å². The van der Waals surface area contributed by atoms with Gasteiger partial charge in [-0.15, -0.1) is 0 Å². The molecule has 0 aliphatic heterocycles. The van der Waals surface area contributed by atoms with E-state index in [4.69, 9.17) is 4.74 Å². The van der Waals surface area contributed by atoms with E-state index < -0.39 is 15.7 Å². The average molecular weight is 374 g/mol. The van der Waals surface area contributed by atoms with Crippen molar-refractivity contribution in [1.82, 2.24) is 9.55 Å². The molecule has 1 heterocycles. The maximum absolute atomic E-state index is 13.7. The third-order valence-corrected chi connectivity index (χ3v) is 5.41. The Balaban J connectivity index is 1.97. The van der Waals surface area contributed by atoms with Crippen LogP contribution in [0.2, 0.25) is 0 Å². The van der Waals surface area contributed by atoms with E-state index in [1.54, 1.807) is 42.6 Å². The lowest BCUT2D eigenvalue weighted by Gasteiger charge is -2.17. The summed E-state index contributed by atoms with van der Waals surface area (Å²) in [6, 6.07) is 11.3. The minimum atomic E-state index is -3.23. The van der Waals surface area contributed by atoms with Gasteiger partial charge in [-0.3, -0.25) is 0 Å². The summed E-state index contributed by atoms with van der Waals surface area (Å²) in [5.74, 6) is 0.393. The normalized spacial score (nSPS) is 12.8. The lowest BCUT2D eigenvalue weighted by Crippen LogP contribution is -2.08. The number of hydrogen-bond donors (Lipinski definition) is 0. The van der Waals surface area contributed by atoms with Crippen LogP contribution in [-0.4, -0.2) is 31.3 Å². The molecule has 0 aliphatic carbocycles. The molecule has 0 amide bonds. The van der Waals surface area contributed by atoms with Crippen LogP contribution in [0.5, 0.6) is 5.75 Å². The molecule has 0 saturated carbocycles. The molecular weight excluding hydrogens is 355 g/mol. The second kappa shape index (κ2) is 6.92. The van der Waals surface area contributed by atoms with Crippen molar-refractivity contribution in [3.8, 4) is 17.1 Å². The molecule has 0 bridgehead atoms. The van der Waals surface area contributed by atoms with Gasteiger partial charge in [-0.25, -0.2) is 17.8 Å². The fraction of sp³-hybridized carbons (Fsp3) is 0.211. The monoisotopic (exact) mass is 374 g/mol. The first-order valence-corrected chi connectivity index (χ1v) is 9.87. The highest BCUT2D eigenvalue weighted by molar-refractivity contribution is 7.90. The molecule has 1 aromatic heterocycles. The van der Waals surface area contributed by atoms with Crippen molar-refractivity contribution in [3.05, 3.63) is 66.2 Å². The number of nitrogens with zero attached hydrogens (tertiary/aromatic N) is 2. The summed E-state index contributed by atoms with van der Waals surface area (Å²) in [7, 11) is -1.81. The van der Waals surface area contributed by atoms with E-state index in [0.29, 0.717) is 5.82 Å². The van der Waals surface area contributed by atoms with Crippen LogP contribution in [0.15, 0.2) is 59.8 Å². The highest BCUT2D eigenvalue weighted by Gasteiger charge is 2.16. The summed E-state index contributed by atoms with van der Waals surface area (Å²) < 4.78 is 43.9. The van der Waals surface area contributed by atoms with Crippen LogP contribution in [0.1, 0.15) is 18.5 Å².